The number of anilines is 1. The second kappa shape index (κ2) is 7.57. The number of hydrogen-bond donors (Lipinski definition) is 2. The highest BCUT2D eigenvalue weighted by Crippen LogP contribution is 2.39. The number of carbonyl (C=O) groups is 2. The predicted octanol–water partition coefficient (Wildman–Crippen LogP) is 4.30. The van der Waals surface area contributed by atoms with E-state index in [0.29, 0.717) is 16.2 Å². The number of carbonyl (C=O) groups excluding carboxylic acids is 2. The summed E-state index contributed by atoms with van der Waals surface area (Å²) in [4.78, 5) is 26.2. The lowest BCUT2D eigenvalue weighted by atomic mass is 10.1. The summed E-state index contributed by atoms with van der Waals surface area (Å²) in [7, 11) is 0. The Labute approximate surface area is 151 Å². The minimum atomic E-state index is -0.152. The molecule has 2 aromatic carbocycles. The molecule has 3 rings (SSSR count). The van der Waals surface area contributed by atoms with E-state index in [4.69, 9.17) is 0 Å². The summed E-state index contributed by atoms with van der Waals surface area (Å²) in [5.74, 6) is -0.275. The van der Waals surface area contributed by atoms with Gasteiger partial charge in [0.1, 0.15) is 0 Å². The topological polar surface area (TPSA) is 58.2 Å². The van der Waals surface area contributed by atoms with Crippen molar-refractivity contribution in [2.75, 3.05) is 5.32 Å². The smallest absolute Gasteiger partial charge is 0.262 e. The predicted molar refractivity (Wildman–Crippen MR) is 103 cm³/mol. The largest absolute Gasteiger partial charge is 0.350 e. The second-order valence-electron chi connectivity index (χ2n) is 5.97. The van der Waals surface area contributed by atoms with E-state index in [1.807, 2.05) is 56.3 Å². The molecule has 0 unspecified atom stereocenters. The number of nitrogens with one attached hydrogen (secondary N) is 2. The normalized spacial score (nSPS) is 16.1. The first-order chi connectivity index (χ1) is 12.1. The van der Waals surface area contributed by atoms with Crippen molar-refractivity contribution in [1.29, 1.82) is 0 Å². The Balaban J connectivity index is 1.82. The summed E-state index contributed by atoms with van der Waals surface area (Å²) in [6.07, 6.45) is 2.74. The lowest BCUT2D eigenvalue weighted by Gasteiger charge is -2.20. The maximum atomic E-state index is 12.4. The molecule has 0 fully saturated rings. The van der Waals surface area contributed by atoms with Crippen LogP contribution in [0.25, 0.3) is 6.08 Å². The van der Waals surface area contributed by atoms with Gasteiger partial charge in [-0.2, -0.15) is 0 Å². The highest BCUT2D eigenvalue weighted by molar-refractivity contribution is 8.04. The number of hydrogen-bond acceptors (Lipinski definition) is 3. The lowest BCUT2D eigenvalue weighted by molar-refractivity contribution is -0.112. The van der Waals surface area contributed by atoms with Crippen LogP contribution in [0.1, 0.15) is 36.2 Å². The van der Waals surface area contributed by atoms with Crippen molar-refractivity contribution in [2.45, 2.75) is 31.2 Å². The molecule has 5 heteroatoms. The van der Waals surface area contributed by atoms with Crippen LogP contribution in [0.2, 0.25) is 0 Å². The number of amides is 2. The zero-order valence-electron chi connectivity index (χ0n) is 14.2. The van der Waals surface area contributed by atoms with E-state index in [-0.39, 0.29) is 17.9 Å². The summed E-state index contributed by atoms with van der Waals surface area (Å²) >= 11 is 1.42. The van der Waals surface area contributed by atoms with Crippen LogP contribution in [0.5, 0.6) is 0 Å². The van der Waals surface area contributed by atoms with Crippen molar-refractivity contribution in [3.8, 4) is 0 Å². The average molecular weight is 352 g/mol. The average Bonchev–Trinajstić information content (AvgIpc) is 2.62. The van der Waals surface area contributed by atoms with Crippen LogP contribution in [0.15, 0.2) is 58.3 Å². The molecule has 0 spiro atoms. The molecule has 2 N–H and O–H groups in total. The maximum absolute atomic E-state index is 12.4. The van der Waals surface area contributed by atoms with E-state index in [0.717, 1.165) is 16.9 Å². The van der Waals surface area contributed by atoms with Crippen LogP contribution < -0.4 is 10.6 Å². The fraction of sp³-hybridized carbons (Fsp3) is 0.200. The second-order valence-corrected chi connectivity index (χ2v) is 7.05. The van der Waals surface area contributed by atoms with Crippen LogP contribution in [0.3, 0.4) is 0 Å². The first-order valence-corrected chi connectivity index (χ1v) is 9.09. The van der Waals surface area contributed by atoms with Crippen molar-refractivity contribution in [2.24, 2.45) is 0 Å². The third-order valence-electron chi connectivity index (χ3n) is 4.02. The Morgan fingerprint density at radius 2 is 2.00 bits per heavy atom. The fourth-order valence-electron chi connectivity index (χ4n) is 2.41. The molecule has 1 atom stereocenters. The molecular formula is C20H20N2O2S. The first-order valence-electron chi connectivity index (χ1n) is 8.27. The Kier molecular flexibility index (Phi) is 5.24. The molecule has 0 saturated heterocycles. The van der Waals surface area contributed by atoms with E-state index >= 15 is 0 Å². The molecule has 0 aliphatic carbocycles. The van der Waals surface area contributed by atoms with Gasteiger partial charge < -0.3 is 10.6 Å². The van der Waals surface area contributed by atoms with Crippen molar-refractivity contribution >= 4 is 35.3 Å². The minimum Gasteiger partial charge on any atom is -0.350 e. The van der Waals surface area contributed by atoms with Crippen LogP contribution in [-0.2, 0) is 4.79 Å². The van der Waals surface area contributed by atoms with Crippen molar-refractivity contribution in [3.05, 3.63) is 64.6 Å². The minimum absolute atomic E-state index is 0.118. The lowest BCUT2D eigenvalue weighted by Crippen LogP contribution is -2.32. The standard InChI is InChI=1S/C20H20N2O2S/c1-3-13(2)21-19(23)15-9-10-17-16(12-15)22-20(24)18(25-17)11-14-7-5-4-6-8-14/h4-13H,3H2,1-2H3,(H,21,23)(H,22,24)/b18-11+/t13-/m1/s1. The van der Waals surface area contributed by atoms with Crippen molar-refractivity contribution in [1.82, 2.24) is 5.32 Å². The van der Waals surface area contributed by atoms with Gasteiger partial charge in [0, 0.05) is 16.5 Å². The van der Waals surface area contributed by atoms with Crippen LogP contribution >= 0.6 is 11.8 Å². The van der Waals surface area contributed by atoms with E-state index in [2.05, 4.69) is 10.6 Å². The third kappa shape index (κ3) is 4.12. The summed E-state index contributed by atoms with van der Waals surface area (Å²) in [5, 5.41) is 5.82. The summed E-state index contributed by atoms with van der Waals surface area (Å²) in [5.41, 5.74) is 2.21. The Morgan fingerprint density at radius 1 is 1.24 bits per heavy atom. The molecule has 128 valence electrons. The number of thioether (sulfide) groups is 1. The fourth-order valence-corrected chi connectivity index (χ4v) is 3.34. The van der Waals surface area contributed by atoms with Gasteiger partial charge in [0.05, 0.1) is 10.6 Å². The monoisotopic (exact) mass is 352 g/mol. The van der Waals surface area contributed by atoms with Gasteiger partial charge in [-0.25, -0.2) is 0 Å². The molecular weight excluding hydrogens is 332 g/mol. The summed E-state index contributed by atoms with van der Waals surface area (Å²) in [6.45, 7) is 3.99. The molecule has 0 bridgehead atoms. The molecule has 0 radical (unpaired) electrons. The molecule has 0 aromatic heterocycles. The van der Waals surface area contributed by atoms with Gasteiger partial charge in [0.2, 0.25) is 0 Å². The van der Waals surface area contributed by atoms with E-state index in [1.165, 1.54) is 11.8 Å². The Bertz CT molecular complexity index is 831. The summed E-state index contributed by atoms with van der Waals surface area (Å²) < 4.78 is 0. The molecule has 2 amide bonds. The van der Waals surface area contributed by atoms with Gasteiger partial charge in [-0.3, -0.25) is 9.59 Å². The first kappa shape index (κ1) is 17.3. The van der Waals surface area contributed by atoms with E-state index < -0.39 is 0 Å². The van der Waals surface area contributed by atoms with Crippen molar-refractivity contribution < 1.29 is 9.59 Å². The Morgan fingerprint density at radius 3 is 2.72 bits per heavy atom. The highest BCUT2D eigenvalue weighted by atomic mass is 32.2. The number of benzene rings is 2. The van der Waals surface area contributed by atoms with Gasteiger partial charge in [0.15, 0.2) is 0 Å². The molecule has 4 nitrogen and oxygen atoms in total. The van der Waals surface area contributed by atoms with Crippen molar-refractivity contribution in [3.63, 3.8) is 0 Å². The number of fused-ring (bicyclic) bond motifs is 1. The zero-order chi connectivity index (χ0) is 17.8. The molecule has 1 aliphatic rings. The molecule has 0 saturated carbocycles. The number of rotatable bonds is 4. The van der Waals surface area contributed by atoms with Crippen LogP contribution in [-0.4, -0.2) is 17.9 Å². The van der Waals surface area contributed by atoms with Gasteiger partial charge >= 0.3 is 0 Å². The Hall–Kier alpha value is -2.53. The molecule has 1 heterocycles. The quantitative estimate of drug-likeness (QED) is 0.807. The third-order valence-corrected chi connectivity index (χ3v) is 5.12. The molecule has 25 heavy (non-hydrogen) atoms. The molecule has 2 aromatic rings. The van der Waals surface area contributed by atoms with Gasteiger partial charge in [-0.15, -0.1) is 0 Å². The van der Waals surface area contributed by atoms with Crippen LogP contribution in [0, 0.1) is 0 Å². The van der Waals surface area contributed by atoms with E-state index in [9.17, 15) is 9.59 Å². The van der Waals surface area contributed by atoms with E-state index in [1.54, 1.807) is 12.1 Å². The highest BCUT2D eigenvalue weighted by Gasteiger charge is 2.22. The zero-order valence-corrected chi connectivity index (χ0v) is 15.0. The van der Waals surface area contributed by atoms with Crippen LogP contribution in [0.4, 0.5) is 5.69 Å². The van der Waals surface area contributed by atoms with Gasteiger partial charge in [0.25, 0.3) is 11.8 Å². The maximum Gasteiger partial charge on any atom is 0.262 e. The molecule has 1 aliphatic heterocycles. The SMILES string of the molecule is CC[C@@H](C)NC(=O)c1ccc2c(c1)NC(=O)/C(=C\c1ccccc1)S2. The van der Waals surface area contributed by atoms with Gasteiger partial charge in [-0.05, 0) is 43.2 Å². The summed E-state index contributed by atoms with van der Waals surface area (Å²) in [6, 6.07) is 15.3. The van der Waals surface area contributed by atoms with Gasteiger partial charge in [-0.1, -0.05) is 49.0 Å².